The number of aromatic nitrogens is 4. The first-order chi connectivity index (χ1) is 19.3. The number of hydrogen-bond donors (Lipinski definition) is 3. The minimum absolute atomic E-state index is 0.0677. The normalized spacial score (nSPS) is 12.4. The molecule has 0 aliphatic heterocycles. The molecule has 0 aliphatic rings. The van der Waals surface area contributed by atoms with E-state index >= 15 is 0 Å². The molecule has 0 bridgehead atoms. The Kier molecular flexibility index (Phi) is 9.15. The zero-order chi connectivity index (χ0) is 28.7. The van der Waals surface area contributed by atoms with Gasteiger partial charge in [-0.15, -0.1) is 0 Å². The van der Waals surface area contributed by atoms with Gasteiger partial charge in [-0.25, -0.2) is 19.0 Å². The maximum Gasteiger partial charge on any atom is 0.251 e. The molecule has 0 aliphatic carbocycles. The number of aliphatic hydroxyl groups is 2. The van der Waals surface area contributed by atoms with Gasteiger partial charge in [0.05, 0.1) is 44.6 Å². The van der Waals surface area contributed by atoms with Crippen LogP contribution in [0.1, 0.15) is 16.1 Å². The molecular weight excluding hydrogens is 545 g/mol. The van der Waals surface area contributed by atoms with Gasteiger partial charge in [0.25, 0.3) is 5.91 Å². The van der Waals surface area contributed by atoms with Gasteiger partial charge in [-0.2, -0.15) is 5.10 Å². The number of pyridine rings is 1. The molecule has 0 saturated heterocycles. The molecule has 1 unspecified atom stereocenters. The summed E-state index contributed by atoms with van der Waals surface area (Å²) < 4.78 is 31.4. The molecule has 2 aromatic carbocycles. The molecule has 4 aromatic rings. The molecular formula is C27H27ClFN5O6. The first-order valence-electron chi connectivity index (χ1n) is 12.0. The molecule has 0 radical (unpaired) electrons. The van der Waals surface area contributed by atoms with Crippen LogP contribution in [0.5, 0.6) is 17.2 Å². The number of aliphatic hydroxyl groups excluding tert-OH is 1. The fourth-order valence-electron chi connectivity index (χ4n) is 3.94. The number of ether oxygens (including phenoxy) is 3. The highest BCUT2D eigenvalue weighted by molar-refractivity contribution is 6.31. The first kappa shape index (κ1) is 28.7. The molecule has 1 atom stereocenters. The summed E-state index contributed by atoms with van der Waals surface area (Å²) in [7, 11) is 2.89. The van der Waals surface area contributed by atoms with Crippen LogP contribution in [0, 0.1) is 5.82 Å². The molecule has 0 spiro atoms. The van der Waals surface area contributed by atoms with Gasteiger partial charge >= 0.3 is 0 Å². The summed E-state index contributed by atoms with van der Waals surface area (Å²) in [5.74, 6) is -0.0437. The Morgan fingerprint density at radius 1 is 1.10 bits per heavy atom. The highest BCUT2D eigenvalue weighted by Crippen LogP contribution is 2.34. The average Bonchev–Trinajstić information content (AvgIpc) is 3.48. The van der Waals surface area contributed by atoms with Crippen molar-refractivity contribution in [3.05, 3.63) is 83.3 Å². The Morgan fingerprint density at radius 2 is 1.88 bits per heavy atom. The number of amides is 1. The maximum absolute atomic E-state index is 13.8. The molecule has 210 valence electrons. The van der Waals surface area contributed by atoms with Crippen molar-refractivity contribution >= 4 is 17.5 Å². The van der Waals surface area contributed by atoms with E-state index in [2.05, 4.69) is 20.4 Å². The van der Waals surface area contributed by atoms with Crippen molar-refractivity contribution in [2.45, 2.75) is 12.1 Å². The number of carbonyl (C=O) groups excluding carboxylic acids is 1. The van der Waals surface area contributed by atoms with Crippen molar-refractivity contribution < 1.29 is 33.6 Å². The van der Waals surface area contributed by atoms with Gasteiger partial charge in [-0.3, -0.25) is 4.79 Å². The SMILES string of the molecule is COc1cc(C(=O)NCC(O)(Cn2cncn2)c2ccc(OC)c(-c3ccc(F)c(Cl)c3)n2)ccc1OCCO. The average molecular weight is 572 g/mol. The molecule has 3 N–H and O–H groups in total. The van der Waals surface area contributed by atoms with Gasteiger partial charge in [0.1, 0.15) is 42.1 Å². The number of methoxy groups -OCH3 is 2. The minimum atomic E-state index is -1.76. The summed E-state index contributed by atoms with van der Waals surface area (Å²) in [6.07, 6.45) is 2.74. The third kappa shape index (κ3) is 6.47. The van der Waals surface area contributed by atoms with Gasteiger partial charge in [0.2, 0.25) is 0 Å². The van der Waals surface area contributed by atoms with Crippen LogP contribution in [0.4, 0.5) is 4.39 Å². The zero-order valence-electron chi connectivity index (χ0n) is 21.7. The second-order valence-electron chi connectivity index (χ2n) is 8.62. The summed E-state index contributed by atoms with van der Waals surface area (Å²) in [4.78, 5) is 21.6. The van der Waals surface area contributed by atoms with E-state index in [0.717, 1.165) is 0 Å². The number of carbonyl (C=O) groups is 1. The summed E-state index contributed by atoms with van der Waals surface area (Å²) in [5.41, 5.74) is -0.547. The van der Waals surface area contributed by atoms with E-state index in [1.807, 2.05) is 0 Å². The van der Waals surface area contributed by atoms with Gasteiger partial charge in [-0.1, -0.05) is 11.6 Å². The van der Waals surface area contributed by atoms with Crippen LogP contribution in [0.2, 0.25) is 5.02 Å². The van der Waals surface area contributed by atoms with Crippen LogP contribution in [-0.2, 0) is 12.1 Å². The quantitative estimate of drug-likeness (QED) is 0.234. The topological polar surface area (TPSA) is 141 Å². The Bertz CT molecular complexity index is 1470. The second-order valence-corrected chi connectivity index (χ2v) is 9.03. The predicted molar refractivity (Wildman–Crippen MR) is 143 cm³/mol. The number of nitrogens with one attached hydrogen (secondary N) is 1. The van der Waals surface area contributed by atoms with Gasteiger partial charge in [0, 0.05) is 11.1 Å². The third-order valence-corrected chi connectivity index (χ3v) is 6.24. The Labute approximate surface area is 234 Å². The third-order valence-electron chi connectivity index (χ3n) is 5.95. The maximum atomic E-state index is 13.8. The summed E-state index contributed by atoms with van der Waals surface area (Å²) in [6, 6.07) is 11.9. The van der Waals surface area contributed by atoms with Crippen LogP contribution in [0.25, 0.3) is 11.3 Å². The van der Waals surface area contributed by atoms with Crippen molar-refractivity contribution in [2.75, 3.05) is 34.0 Å². The molecule has 2 aromatic heterocycles. The fourth-order valence-corrected chi connectivity index (χ4v) is 4.12. The Morgan fingerprint density at radius 3 is 2.55 bits per heavy atom. The molecule has 4 rings (SSSR count). The monoisotopic (exact) mass is 571 g/mol. The van der Waals surface area contributed by atoms with E-state index in [0.29, 0.717) is 28.5 Å². The van der Waals surface area contributed by atoms with Gasteiger partial charge in [-0.05, 0) is 48.5 Å². The molecule has 1 amide bonds. The first-order valence-corrected chi connectivity index (χ1v) is 12.4. The summed E-state index contributed by atoms with van der Waals surface area (Å²) >= 11 is 6.00. The Balaban J connectivity index is 1.65. The molecule has 13 heteroatoms. The van der Waals surface area contributed by atoms with Gasteiger partial charge in [0.15, 0.2) is 11.5 Å². The second kappa shape index (κ2) is 12.7. The minimum Gasteiger partial charge on any atom is -0.494 e. The zero-order valence-corrected chi connectivity index (χ0v) is 22.4. The van der Waals surface area contributed by atoms with E-state index in [1.54, 1.807) is 18.2 Å². The van der Waals surface area contributed by atoms with Crippen LogP contribution in [0.15, 0.2) is 61.2 Å². The molecule has 0 saturated carbocycles. The lowest BCUT2D eigenvalue weighted by atomic mass is 9.97. The lowest BCUT2D eigenvalue weighted by Crippen LogP contribution is -2.44. The Hall–Kier alpha value is -4.26. The van der Waals surface area contributed by atoms with Crippen molar-refractivity contribution in [1.29, 1.82) is 0 Å². The number of hydrogen-bond acceptors (Lipinski definition) is 9. The molecule has 40 heavy (non-hydrogen) atoms. The highest BCUT2D eigenvalue weighted by Gasteiger charge is 2.34. The van der Waals surface area contributed by atoms with Crippen molar-refractivity contribution in [2.24, 2.45) is 0 Å². The highest BCUT2D eigenvalue weighted by atomic mass is 35.5. The summed E-state index contributed by atoms with van der Waals surface area (Å²) in [5, 5.41) is 27.6. The molecule has 11 nitrogen and oxygen atoms in total. The largest absolute Gasteiger partial charge is 0.494 e. The van der Waals surface area contributed by atoms with Crippen LogP contribution < -0.4 is 19.5 Å². The van der Waals surface area contributed by atoms with E-state index in [-0.39, 0.29) is 42.6 Å². The molecule has 0 fully saturated rings. The lowest BCUT2D eigenvalue weighted by Gasteiger charge is -2.28. The van der Waals surface area contributed by atoms with Crippen LogP contribution in [0.3, 0.4) is 0 Å². The number of benzene rings is 2. The van der Waals surface area contributed by atoms with Crippen molar-refractivity contribution in [3.63, 3.8) is 0 Å². The van der Waals surface area contributed by atoms with E-state index in [4.69, 9.17) is 30.9 Å². The van der Waals surface area contributed by atoms with Crippen LogP contribution >= 0.6 is 11.6 Å². The lowest BCUT2D eigenvalue weighted by molar-refractivity contribution is 0.0114. The number of halogens is 2. The van der Waals surface area contributed by atoms with Crippen molar-refractivity contribution in [1.82, 2.24) is 25.1 Å². The van der Waals surface area contributed by atoms with E-state index in [9.17, 15) is 14.3 Å². The van der Waals surface area contributed by atoms with E-state index in [1.165, 1.54) is 61.9 Å². The number of nitrogens with zero attached hydrogens (tertiary/aromatic N) is 4. The molecule has 2 heterocycles. The van der Waals surface area contributed by atoms with Gasteiger partial charge < -0.3 is 29.7 Å². The predicted octanol–water partition coefficient (Wildman–Crippen LogP) is 2.84. The number of rotatable bonds is 12. The van der Waals surface area contributed by atoms with Crippen LogP contribution in [-0.4, -0.2) is 69.8 Å². The van der Waals surface area contributed by atoms with Crippen molar-refractivity contribution in [3.8, 4) is 28.5 Å². The fraction of sp³-hybridized carbons (Fsp3) is 0.259. The summed E-state index contributed by atoms with van der Waals surface area (Å²) in [6.45, 7) is -0.476. The standard InChI is InChI=1S/C27H27ClFN5O6/c1-38-22-7-8-24(33-25(22)17-3-5-20(29)19(28)11-17)27(37,14-34-16-30-15-32-34)13-31-26(36)18-4-6-21(40-10-9-35)23(12-18)39-2/h3-8,11-12,15-16,35,37H,9-10,13-14H2,1-2H3,(H,31,36). The smallest absolute Gasteiger partial charge is 0.251 e. The van der Waals surface area contributed by atoms with E-state index < -0.39 is 17.3 Å².